The molecule has 1 rings (SSSR count). The number of thiophene rings is 1. The molecule has 0 atom stereocenters. The van der Waals surface area contributed by atoms with Crippen LogP contribution in [0.25, 0.3) is 0 Å². The van der Waals surface area contributed by atoms with Gasteiger partial charge in [0.1, 0.15) is 4.34 Å². The summed E-state index contributed by atoms with van der Waals surface area (Å²) in [7, 11) is 0. The Morgan fingerprint density at radius 2 is 2.27 bits per heavy atom. The first-order valence-corrected chi connectivity index (χ1v) is 6.69. The molecule has 0 unspecified atom stereocenters. The number of nitrogens with one attached hydrogen (secondary N) is 1. The van der Waals surface area contributed by atoms with Crippen molar-refractivity contribution in [3.63, 3.8) is 0 Å². The van der Waals surface area contributed by atoms with Gasteiger partial charge in [0.15, 0.2) is 0 Å². The highest BCUT2D eigenvalue weighted by Gasteiger charge is 2.15. The van der Waals surface area contributed by atoms with Gasteiger partial charge in [0.05, 0.1) is 0 Å². The fraction of sp³-hybridized carbons (Fsp3) is 0.600. The van der Waals surface area contributed by atoms with Crippen LogP contribution in [-0.4, -0.2) is 18.3 Å². The molecule has 1 aromatic rings. The van der Waals surface area contributed by atoms with Gasteiger partial charge < -0.3 is 10.4 Å². The fourth-order valence-corrected chi connectivity index (χ4v) is 2.82. The van der Waals surface area contributed by atoms with Gasteiger partial charge in [-0.2, -0.15) is 0 Å². The summed E-state index contributed by atoms with van der Waals surface area (Å²) in [5.74, 6) is 0. The molecule has 2 nitrogen and oxygen atoms in total. The zero-order valence-electron chi connectivity index (χ0n) is 8.81. The van der Waals surface area contributed by atoms with E-state index in [9.17, 15) is 0 Å². The molecule has 15 heavy (non-hydrogen) atoms. The second kappa shape index (κ2) is 5.64. The van der Waals surface area contributed by atoms with E-state index >= 15 is 0 Å². The molecule has 0 bridgehead atoms. The van der Waals surface area contributed by atoms with E-state index < -0.39 is 0 Å². The molecule has 2 N–H and O–H groups in total. The molecule has 0 amide bonds. The van der Waals surface area contributed by atoms with Crippen molar-refractivity contribution < 1.29 is 5.11 Å². The first-order valence-electron chi connectivity index (χ1n) is 4.70. The molecule has 0 saturated carbocycles. The van der Waals surface area contributed by atoms with E-state index in [0.29, 0.717) is 0 Å². The van der Waals surface area contributed by atoms with Crippen molar-refractivity contribution in [2.45, 2.75) is 20.4 Å². The Morgan fingerprint density at radius 1 is 1.60 bits per heavy atom. The summed E-state index contributed by atoms with van der Waals surface area (Å²) in [6.45, 7) is 5.82. The van der Waals surface area contributed by atoms with Crippen LogP contribution in [0.4, 0.5) is 0 Å². The van der Waals surface area contributed by atoms with E-state index in [2.05, 4.69) is 21.2 Å². The number of halogens is 2. The summed E-state index contributed by atoms with van der Waals surface area (Å²) in [4.78, 5) is 1.20. The van der Waals surface area contributed by atoms with Crippen LogP contribution in [0.1, 0.15) is 18.7 Å². The second-order valence-electron chi connectivity index (χ2n) is 4.26. The molecule has 5 heteroatoms. The first-order chi connectivity index (χ1) is 6.94. The van der Waals surface area contributed by atoms with Crippen molar-refractivity contribution in [3.8, 4) is 0 Å². The lowest BCUT2D eigenvalue weighted by atomic mass is 9.95. The highest BCUT2D eigenvalue weighted by molar-refractivity contribution is 9.10. The topological polar surface area (TPSA) is 32.3 Å². The predicted octanol–water partition coefficient (Wildman–Crippen LogP) is 3.27. The SMILES string of the molecule is CC(C)(CO)CNCc1cc(Br)c(Cl)s1. The summed E-state index contributed by atoms with van der Waals surface area (Å²) in [6.07, 6.45) is 0. The normalized spacial score (nSPS) is 12.1. The van der Waals surface area contributed by atoms with Crippen LogP contribution in [0.2, 0.25) is 4.34 Å². The second-order valence-corrected chi connectivity index (χ2v) is 6.85. The predicted molar refractivity (Wildman–Crippen MR) is 69.6 cm³/mol. The lowest BCUT2D eigenvalue weighted by Gasteiger charge is -2.21. The number of aliphatic hydroxyl groups is 1. The van der Waals surface area contributed by atoms with Crippen molar-refractivity contribution in [1.29, 1.82) is 0 Å². The van der Waals surface area contributed by atoms with Crippen molar-refractivity contribution in [2.75, 3.05) is 13.2 Å². The summed E-state index contributed by atoms with van der Waals surface area (Å²) in [6, 6.07) is 2.02. The summed E-state index contributed by atoms with van der Waals surface area (Å²) in [5, 5.41) is 12.4. The van der Waals surface area contributed by atoms with Gasteiger partial charge >= 0.3 is 0 Å². The van der Waals surface area contributed by atoms with E-state index in [1.807, 2.05) is 19.9 Å². The molecule has 0 aliphatic carbocycles. The molecule has 0 aliphatic rings. The van der Waals surface area contributed by atoms with Crippen LogP contribution in [0.5, 0.6) is 0 Å². The standard InChI is InChI=1S/C10H15BrClNOS/c1-10(2,6-14)5-13-4-7-3-8(11)9(12)15-7/h3,13-14H,4-6H2,1-2H3. The molecule has 1 heterocycles. The minimum Gasteiger partial charge on any atom is -0.396 e. The van der Waals surface area contributed by atoms with Gasteiger partial charge in [0.2, 0.25) is 0 Å². The van der Waals surface area contributed by atoms with Crippen LogP contribution in [-0.2, 0) is 6.54 Å². The van der Waals surface area contributed by atoms with Gasteiger partial charge in [0, 0.05) is 34.5 Å². The van der Waals surface area contributed by atoms with E-state index in [1.165, 1.54) is 4.88 Å². The lowest BCUT2D eigenvalue weighted by molar-refractivity contribution is 0.157. The van der Waals surface area contributed by atoms with Gasteiger partial charge in [-0.05, 0) is 22.0 Å². The highest BCUT2D eigenvalue weighted by Crippen LogP contribution is 2.31. The molecule has 0 fully saturated rings. The van der Waals surface area contributed by atoms with Gasteiger partial charge in [-0.1, -0.05) is 25.4 Å². The van der Waals surface area contributed by atoms with Crippen LogP contribution in [0.15, 0.2) is 10.5 Å². The van der Waals surface area contributed by atoms with E-state index in [1.54, 1.807) is 11.3 Å². The smallest absolute Gasteiger partial charge is 0.107 e. The van der Waals surface area contributed by atoms with Crippen molar-refractivity contribution in [1.82, 2.24) is 5.32 Å². The van der Waals surface area contributed by atoms with E-state index in [0.717, 1.165) is 21.9 Å². The Bertz CT molecular complexity index is 308. The van der Waals surface area contributed by atoms with Crippen molar-refractivity contribution >= 4 is 38.9 Å². The summed E-state index contributed by atoms with van der Waals surface area (Å²) in [5.41, 5.74) is -0.0711. The average molecular weight is 313 g/mol. The number of hydrogen-bond acceptors (Lipinski definition) is 3. The molecule has 1 aromatic heterocycles. The van der Waals surface area contributed by atoms with Crippen LogP contribution < -0.4 is 5.32 Å². The Balaban J connectivity index is 2.38. The number of aliphatic hydroxyl groups excluding tert-OH is 1. The van der Waals surface area contributed by atoms with Crippen molar-refractivity contribution in [2.24, 2.45) is 5.41 Å². The lowest BCUT2D eigenvalue weighted by Crippen LogP contribution is -2.31. The molecule has 0 spiro atoms. The number of rotatable bonds is 5. The van der Waals surface area contributed by atoms with Crippen molar-refractivity contribution in [3.05, 3.63) is 19.8 Å². The van der Waals surface area contributed by atoms with E-state index in [-0.39, 0.29) is 12.0 Å². The Hall–Kier alpha value is 0.390. The summed E-state index contributed by atoms with van der Waals surface area (Å²) < 4.78 is 1.74. The zero-order chi connectivity index (χ0) is 11.5. The molecule has 86 valence electrons. The van der Waals surface area contributed by atoms with E-state index in [4.69, 9.17) is 16.7 Å². The maximum atomic E-state index is 9.07. The maximum Gasteiger partial charge on any atom is 0.107 e. The Labute approximate surface area is 108 Å². The quantitative estimate of drug-likeness (QED) is 0.874. The Morgan fingerprint density at radius 3 is 2.73 bits per heavy atom. The van der Waals surface area contributed by atoms with Gasteiger partial charge in [-0.3, -0.25) is 0 Å². The Kier molecular flexibility index (Phi) is 5.06. The maximum absolute atomic E-state index is 9.07. The third kappa shape index (κ3) is 4.41. The van der Waals surface area contributed by atoms with Gasteiger partial charge in [0.25, 0.3) is 0 Å². The summed E-state index contributed by atoms with van der Waals surface area (Å²) >= 11 is 10.9. The molecule has 0 radical (unpaired) electrons. The molecule has 0 aromatic carbocycles. The minimum absolute atomic E-state index is 0.0711. The molecule has 0 aliphatic heterocycles. The fourth-order valence-electron chi connectivity index (χ4n) is 1.06. The van der Waals surface area contributed by atoms with Gasteiger partial charge in [-0.25, -0.2) is 0 Å². The average Bonchev–Trinajstić information content (AvgIpc) is 2.46. The van der Waals surface area contributed by atoms with Crippen LogP contribution >= 0.6 is 38.9 Å². The monoisotopic (exact) mass is 311 g/mol. The first kappa shape index (κ1) is 13.5. The number of hydrogen-bond donors (Lipinski definition) is 2. The van der Waals surface area contributed by atoms with Crippen LogP contribution in [0.3, 0.4) is 0 Å². The molecule has 0 saturated heterocycles. The van der Waals surface area contributed by atoms with Gasteiger partial charge in [-0.15, -0.1) is 11.3 Å². The third-order valence-electron chi connectivity index (χ3n) is 2.03. The third-order valence-corrected chi connectivity index (χ3v) is 4.50. The highest BCUT2D eigenvalue weighted by atomic mass is 79.9. The molecular formula is C10H15BrClNOS. The molecular weight excluding hydrogens is 298 g/mol. The minimum atomic E-state index is -0.0711. The van der Waals surface area contributed by atoms with Crippen LogP contribution in [0, 0.1) is 5.41 Å². The largest absolute Gasteiger partial charge is 0.396 e. The zero-order valence-corrected chi connectivity index (χ0v) is 12.0.